The van der Waals surface area contributed by atoms with E-state index >= 15 is 0 Å². The van der Waals surface area contributed by atoms with Crippen LogP contribution in [0, 0.1) is 30.3 Å². The number of hydrogen-bond donors (Lipinski definition) is 3. The number of nitro groups is 3. The van der Waals surface area contributed by atoms with Crippen LogP contribution in [0.2, 0.25) is 0 Å². The quantitative estimate of drug-likeness (QED) is 0.0929. The maximum Gasteiger partial charge on any atom is 0.543 e. The van der Waals surface area contributed by atoms with Gasteiger partial charge in [-0.1, -0.05) is 18.2 Å². The van der Waals surface area contributed by atoms with Gasteiger partial charge < -0.3 is 14.2 Å². The summed E-state index contributed by atoms with van der Waals surface area (Å²) < 4.78 is 44.9. The van der Waals surface area contributed by atoms with E-state index < -0.39 is 56.9 Å². The van der Waals surface area contributed by atoms with Gasteiger partial charge in [-0.3, -0.25) is 30.3 Å². The molecule has 0 saturated heterocycles. The summed E-state index contributed by atoms with van der Waals surface area (Å²) >= 11 is 0. The highest BCUT2D eigenvalue weighted by molar-refractivity contribution is 7.48. The minimum atomic E-state index is -5.37. The Morgan fingerprint density at radius 2 is 0.818 bits per heavy atom. The molecule has 3 aromatic rings. The van der Waals surface area contributed by atoms with Crippen molar-refractivity contribution in [2.24, 2.45) is 17.5 Å². The summed E-state index contributed by atoms with van der Waals surface area (Å²) in [4.78, 5) is 32.0. The molecule has 23 heteroatoms. The van der Waals surface area contributed by atoms with Gasteiger partial charge in [-0.05, 0) is 18.2 Å². The van der Waals surface area contributed by atoms with E-state index in [1.165, 1.54) is 36.4 Å². The van der Waals surface area contributed by atoms with Crippen LogP contribution in [0.15, 0.2) is 54.6 Å². The Balaban J connectivity index is 2.10. The standard InChI is InChI=1S/C21H24N9O13P/c1-38-19-13(7-4-10-16(19)28(31)32)25(22)41-44(37,42-26(23)14-8-5-11-17(29(33)34)20(14)39-2)43-27(24)15-9-6-12-18(30(35)36)21(15)40-3/h4-12H,22-24H2,1-3H3. The maximum atomic E-state index is 14.1. The Hall–Kier alpha value is -5.35. The van der Waals surface area contributed by atoms with E-state index in [1.807, 2.05) is 0 Å². The molecule has 0 aromatic heterocycles. The molecule has 0 unspecified atom stereocenters. The fourth-order valence-electron chi connectivity index (χ4n) is 3.62. The van der Waals surface area contributed by atoms with Crippen molar-refractivity contribution in [2.75, 3.05) is 36.8 Å². The van der Waals surface area contributed by atoms with Gasteiger partial charge in [-0.2, -0.15) is 15.5 Å². The van der Waals surface area contributed by atoms with Gasteiger partial charge in [0.25, 0.3) is 0 Å². The fraction of sp³-hybridized carbons (Fsp3) is 0.143. The predicted octanol–water partition coefficient (Wildman–Crippen LogP) is 2.78. The van der Waals surface area contributed by atoms with Crippen molar-refractivity contribution in [1.82, 2.24) is 0 Å². The van der Waals surface area contributed by atoms with E-state index in [-0.39, 0.29) is 32.6 Å². The second-order valence-corrected chi connectivity index (χ2v) is 9.31. The van der Waals surface area contributed by atoms with Gasteiger partial charge in [-0.15, -0.1) is 13.9 Å². The molecule has 22 nitrogen and oxygen atoms in total. The minimum absolute atomic E-state index is 0.212. The summed E-state index contributed by atoms with van der Waals surface area (Å²) in [5.74, 6) is 16.4. The number of anilines is 3. The SMILES string of the molecule is COc1c(N(N)OP(=O)(ON(N)c2cccc([N+](=O)[O-])c2OC)ON(N)c2cccc([N+](=O)[O-])c2OC)cccc1[N+](=O)[O-]. The third kappa shape index (κ3) is 6.99. The van der Waals surface area contributed by atoms with Crippen LogP contribution in [0.5, 0.6) is 17.2 Å². The highest BCUT2D eigenvalue weighted by Crippen LogP contribution is 2.54. The largest absolute Gasteiger partial charge is 0.543 e. The van der Waals surface area contributed by atoms with Crippen molar-refractivity contribution >= 4 is 41.9 Å². The van der Waals surface area contributed by atoms with Crippen LogP contribution in [-0.4, -0.2) is 36.1 Å². The molecule has 6 N–H and O–H groups in total. The Morgan fingerprint density at radius 3 is 1.02 bits per heavy atom. The van der Waals surface area contributed by atoms with Gasteiger partial charge >= 0.3 is 24.9 Å². The van der Waals surface area contributed by atoms with Gasteiger partial charge in [0.05, 0.1) is 36.1 Å². The third-order valence-corrected chi connectivity index (χ3v) is 6.53. The highest BCUT2D eigenvalue weighted by atomic mass is 31.2. The molecule has 3 rings (SSSR count). The molecule has 0 amide bonds. The van der Waals surface area contributed by atoms with Crippen LogP contribution < -0.4 is 47.3 Å². The molecular formula is C21H24N9O13P. The zero-order valence-corrected chi connectivity index (χ0v) is 23.8. The summed E-state index contributed by atoms with van der Waals surface area (Å²) in [5.41, 5.74) is -2.82. The van der Waals surface area contributed by atoms with Gasteiger partial charge in [-0.25, -0.2) is 22.1 Å². The summed E-state index contributed by atoms with van der Waals surface area (Å²) in [6, 6.07) is 10.3. The Morgan fingerprint density at radius 1 is 0.568 bits per heavy atom. The number of nitro benzene ring substituents is 3. The number of rotatable bonds is 15. The van der Waals surface area contributed by atoms with Crippen LogP contribution in [-0.2, 0) is 18.4 Å². The second kappa shape index (κ2) is 13.7. The lowest BCUT2D eigenvalue weighted by Gasteiger charge is -2.29. The predicted molar refractivity (Wildman–Crippen MR) is 150 cm³/mol. The van der Waals surface area contributed by atoms with Crippen molar-refractivity contribution in [1.29, 1.82) is 0 Å². The number of methoxy groups -OCH3 is 3. The first kappa shape index (κ1) is 33.2. The Kier molecular flexibility index (Phi) is 10.4. The molecule has 0 aliphatic carbocycles. The van der Waals surface area contributed by atoms with E-state index in [0.717, 1.165) is 39.5 Å². The zero-order chi connectivity index (χ0) is 32.8. The molecule has 0 saturated carbocycles. The lowest BCUT2D eigenvalue weighted by molar-refractivity contribution is -0.385. The van der Waals surface area contributed by atoms with Crippen LogP contribution in [0.3, 0.4) is 0 Å². The maximum absolute atomic E-state index is 14.1. The molecule has 0 radical (unpaired) electrons. The van der Waals surface area contributed by atoms with Crippen molar-refractivity contribution < 1.29 is 47.4 Å². The average molecular weight is 641 g/mol. The van der Waals surface area contributed by atoms with Gasteiger partial charge in [0.1, 0.15) is 17.1 Å². The molecule has 0 atom stereocenters. The number of ether oxygens (including phenoxy) is 3. The van der Waals surface area contributed by atoms with Crippen LogP contribution in [0.4, 0.5) is 34.1 Å². The van der Waals surface area contributed by atoms with Crippen molar-refractivity contribution in [3.8, 4) is 17.2 Å². The zero-order valence-electron chi connectivity index (χ0n) is 22.9. The van der Waals surface area contributed by atoms with E-state index in [1.54, 1.807) is 0 Å². The summed E-state index contributed by atoms with van der Waals surface area (Å²) in [5, 5.41) is 35.1. The summed E-state index contributed by atoms with van der Waals surface area (Å²) in [6.45, 7) is 0. The van der Waals surface area contributed by atoms with Gasteiger partial charge in [0, 0.05) is 18.2 Å². The van der Waals surface area contributed by atoms with E-state index in [0.29, 0.717) is 0 Å². The summed E-state index contributed by atoms with van der Waals surface area (Å²) in [6.07, 6.45) is 0. The molecule has 0 heterocycles. The van der Waals surface area contributed by atoms with Crippen molar-refractivity contribution in [2.45, 2.75) is 0 Å². The average Bonchev–Trinajstić information content (AvgIpc) is 2.98. The monoisotopic (exact) mass is 641 g/mol. The molecule has 0 spiro atoms. The first-order chi connectivity index (χ1) is 20.8. The Labute approximate surface area is 246 Å². The second-order valence-electron chi connectivity index (χ2n) is 7.93. The number of benzene rings is 3. The first-order valence-corrected chi connectivity index (χ1v) is 13.0. The van der Waals surface area contributed by atoms with Gasteiger partial charge in [0.15, 0.2) is 0 Å². The van der Waals surface area contributed by atoms with Crippen molar-refractivity contribution in [3.05, 3.63) is 84.9 Å². The molecule has 0 bridgehead atoms. The molecule has 0 aliphatic heterocycles. The van der Waals surface area contributed by atoms with E-state index in [9.17, 15) is 34.9 Å². The molecule has 0 aliphatic rings. The molecule has 44 heavy (non-hydrogen) atoms. The van der Waals surface area contributed by atoms with Crippen molar-refractivity contribution in [3.63, 3.8) is 0 Å². The smallest absolute Gasteiger partial charge is 0.489 e. The topological polar surface area (TPSA) is 290 Å². The van der Waals surface area contributed by atoms with E-state index in [2.05, 4.69) is 0 Å². The minimum Gasteiger partial charge on any atom is -0.489 e. The highest BCUT2D eigenvalue weighted by Gasteiger charge is 2.40. The number of nitrogens with zero attached hydrogens (tertiary/aromatic N) is 6. The number of nitrogens with two attached hydrogens (primary N) is 3. The number of hydrazine groups is 3. The molecule has 0 fully saturated rings. The number of hydrogen-bond acceptors (Lipinski definition) is 19. The van der Waals surface area contributed by atoms with Crippen LogP contribution in [0.1, 0.15) is 0 Å². The third-order valence-electron chi connectivity index (χ3n) is 5.40. The number of para-hydroxylation sites is 3. The van der Waals surface area contributed by atoms with Gasteiger partial charge in [0.2, 0.25) is 17.2 Å². The summed E-state index contributed by atoms with van der Waals surface area (Å²) in [7, 11) is -2.12. The normalized spacial score (nSPS) is 11.0. The van der Waals surface area contributed by atoms with Crippen LogP contribution in [0.25, 0.3) is 0 Å². The molecule has 3 aromatic carbocycles. The van der Waals surface area contributed by atoms with E-state index in [4.69, 9.17) is 45.6 Å². The Bertz CT molecular complexity index is 1430. The fourth-order valence-corrected chi connectivity index (χ4v) is 4.62. The first-order valence-electron chi connectivity index (χ1n) is 11.6. The molecular weight excluding hydrogens is 617 g/mol. The molecule has 236 valence electrons. The number of phosphoric acid groups is 1. The lowest BCUT2D eigenvalue weighted by atomic mass is 10.2. The van der Waals surface area contributed by atoms with Crippen LogP contribution >= 0.6 is 7.82 Å². The lowest BCUT2D eigenvalue weighted by Crippen LogP contribution is -2.39.